The molecule has 0 amide bonds. The quantitative estimate of drug-likeness (QED) is 0.877. The van der Waals surface area contributed by atoms with E-state index in [9.17, 15) is 0 Å². The average Bonchev–Trinajstić information content (AvgIpc) is 2.82. The Morgan fingerprint density at radius 2 is 2.50 bits per heavy atom. The van der Waals surface area contributed by atoms with Gasteiger partial charge in [-0.1, -0.05) is 6.92 Å². The number of nitrogens with zero attached hydrogens (tertiary/aromatic N) is 2. The molecule has 3 nitrogen and oxygen atoms in total. The maximum absolute atomic E-state index is 4.42. The molecule has 1 fully saturated rings. The lowest BCUT2D eigenvalue weighted by atomic mass is 9.95. The van der Waals surface area contributed by atoms with E-state index in [4.69, 9.17) is 0 Å². The predicted octanol–water partition coefficient (Wildman–Crippen LogP) is 2.28. The maximum Gasteiger partial charge on any atom is 0.109 e. The number of hydrogen-bond donors (Lipinski definition) is 1. The highest BCUT2D eigenvalue weighted by molar-refractivity contribution is 7.09. The summed E-state index contributed by atoms with van der Waals surface area (Å²) in [5.74, 6) is 0. The van der Waals surface area contributed by atoms with Gasteiger partial charge in [0.25, 0.3) is 0 Å². The van der Waals surface area contributed by atoms with Crippen LogP contribution in [0, 0.1) is 0 Å². The minimum atomic E-state index is 0.268. The lowest BCUT2D eigenvalue weighted by Gasteiger charge is -2.43. The SMILES string of the molecule is CCC1(C)CN(C(C)c2nccs2)CCN1. The highest BCUT2D eigenvalue weighted by Crippen LogP contribution is 2.26. The van der Waals surface area contributed by atoms with E-state index in [1.165, 1.54) is 11.4 Å². The molecule has 1 aromatic rings. The number of piperazine rings is 1. The minimum Gasteiger partial charge on any atom is -0.309 e. The molecule has 1 N–H and O–H groups in total. The van der Waals surface area contributed by atoms with Gasteiger partial charge in [0.05, 0.1) is 6.04 Å². The van der Waals surface area contributed by atoms with Crippen LogP contribution in [-0.4, -0.2) is 35.1 Å². The van der Waals surface area contributed by atoms with Crippen LogP contribution in [0.3, 0.4) is 0 Å². The van der Waals surface area contributed by atoms with E-state index >= 15 is 0 Å². The van der Waals surface area contributed by atoms with Crippen molar-refractivity contribution in [3.63, 3.8) is 0 Å². The van der Waals surface area contributed by atoms with Crippen molar-refractivity contribution in [2.75, 3.05) is 19.6 Å². The van der Waals surface area contributed by atoms with Crippen LogP contribution in [0.25, 0.3) is 0 Å². The van der Waals surface area contributed by atoms with Gasteiger partial charge in [-0.25, -0.2) is 4.98 Å². The Balaban J connectivity index is 2.04. The van der Waals surface area contributed by atoms with E-state index in [0.717, 1.165) is 19.6 Å². The fraction of sp³-hybridized carbons (Fsp3) is 0.750. The fourth-order valence-corrected chi connectivity index (χ4v) is 2.98. The first-order chi connectivity index (χ1) is 7.64. The van der Waals surface area contributed by atoms with E-state index in [1.807, 2.05) is 6.20 Å². The summed E-state index contributed by atoms with van der Waals surface area (Å²) >= 11 is 1.76. The third-order valence-corrected chi connectivity index (χ3v) is 4.59. The molecule has 2 rings (SSSR count). The standard InChI is InChI=1S/C12H21N3S/c1-4-12(3)9-15(7-5-14-12)10(2)11-13-6-8-16-11/h6,8,10,14H,4-5,7,9H2,1-3H3. The molecule has 0 radical (unpaired) electrons. The molecule has 2 atom stereocenters. The number of nitrogens with one attached hydrogen (secondary N) is 1. The summed E-state index contributed by atoms with van der Waals surface area (Å²) in [6, 6.07) is 0.452. The summed E-state index contributed by atoms with van der Waals surface area (Å²) in [5.41, 5.74) is 0.268. The lowest BCUT2D eigenvalue weighted by Crippen LogP contribution is -2.58. The number of rotatable bonds is 3. The van der Waals surface area contributed by atoms with Crippen LogP contribution in [-0.2, 0) is 0 Å². The smallest absolute Gasteiger partial charge is 0.109 e. The third kappa shape index (κ3) is 2.44. The second-order valence-corrected chi connectivity index (χ2v) is 5.78. The minimum absolute atomic E-state index is 0.268. The zero-order valence-corrected chi connectivity index (χ0v) is 11.2. The second-order valence-electron chi connectivity index (χ2n) is 4.86. The maximum atomic E-state index is 4.42. The van der Waals surface area contributed by atoms with Gasteiger partial charge in [0.15, 0.2) is 0 Å². The predicted molar refractivity (Wildman–Crippen MR) is 68.8 cm³/mol. The molecule has 1 aliphatic rings. The molecule has 0 saturated carbocycles. The highest BCUT2D eigenvalue weighted by Gasteiger charge is 2.31. The first kappa shape index (κ1) is 12.0. The molecular formula is C12H21N3S. The van der Waals surface area contributed by atoms with Crippen LogP contribution in [0.4, 0.5) is 0 Å². The number of thiazole rings is 1. The van der Waals surface area contributed by atoms with E-state index in [-0.39, 0.29) is 5.54 Å². The topological polar surface area (TPSA) is 28.2 Å². The monoisotopic (exact) mass is 239 g/mol. The first-order valence-electron chi connectivity index (χ1n) is 6.03. The summed E-state index contributed by atoms with van der Waals surface area (Å²) in [7, 11) is 0. The van der Waals surface area contributed by atoms with Crippen LogP contribution >= 0.6 is 11.3 Å². The van der Waals surface area contributed by atoms with Crippen molar-refractivity contribution in [2.45, 2.75) is 38.8 Å². The van der Waals surface area contributed by atoms with E-state index in [0.29, 0.717) is 6.04 Å². The largest absolute Gasteiger partial charge is 0.309 e. The average molecular weight is 239 g/mol. The first-order valence-corrected chi connectivity index (χ1v) is 6.91. The molecule has 2 unspecified atom stereocenters. The van der Waals surface area contributed by atoms with Gasteiger partial charge < -0.3 is 5.32 Å². The van der Waals surface area contributed by atoms with E-state index in [2.05, 4.69) is 41.4 Å². The van der Waals surface area contributed by atoms with Crippen LogP contribution < -0.4 is 5.32 Å². The molecule has 0 bridgehead atoms. The van der Waals surface area contributed by atoms with E-state index in [1.54, 1.807) is 11.3 Å². The van der Waals surface area contributed by atoms with Gasteiger partial charge in [0.1, 0.15) is 5.01 Å². The Bertz CT molecular complexity index is 325. The van der Waals surface area contributed by atoms with Gasteiger partial charge in [-0.3, -0.25) is 4.90 Å². The van der Waals surface area contributed by atoms with Crippen molar-refractivity contribution in [3.8, 4) is 0 Å². The zero-order valence-electron chi connectivity index (χ0n) is 10.4. The summed E-state index contributed by atoms with van der Waals surface area (Å²) < 4.78 is 0. The molecular weight excluding hydrogens is 218 g/mol. The fourth-order valence-electron chi connectivity index (χ4n) is 2.25. The van der Waals surface area contributed by atoms with Crippen molar-refractivity contribution in [2.24, 2.45) is 0 Å². The zero-order chi connectivity index (χ0) is 11.6. The third-order valence-electron chi connectivity index (χ3n) is 3.64. The number of aromatic nitrogens is 1. The Hall–Kier alpha value is -0.450. The summed E-state index contributed by atoms with van der Waals surface area (Å²) in [4.78, 5) is 6.96. The molecule has 1 saturated heterocycles. The van der Waals surface area contributed by atoms with Gasteiger partial charge in [0.2, 0.25) is 0 Å². The Morgan fingerprint density at radius 3 is 3.12 bits per heavy atom. The summed E-state index contributed by atoms with van der Waals surface area (Å²) in [5, 5.41) is 6.92. The van der Waals surface area contributed by atoms with Gasteiger partial charge in [-0.2, -0.15) is 0 Å². The van der Waals surface area contributed by atoms with Crippen molar-refractivity contribution >= 4 is 11.3 Å². The van der Waals surface area contributed by atoms with Crippen LogP contribution in [0.2, 0.25) is 0 Å². The van der Waals surface area contributed by atoms with Gasteiger partial charge in [-0.05, 0) is 20.3 Å². The van der Waals surface area contributed by atoms with E-state index < -0.39 is 0 Å². The summed E-state index contributed by atoms with van der Waals surface area (Å²) in [6.07, 6.45) is 3.08. The molecule has 1 aromatic heterocycles. The Kier molecular flexibility index (Phi) is 3.62. The second kappa shape index (κ2) is 4.82. The lowest BCUT2D eigenvalue weighted by molar-refractivity contribution is 0.105. The summed E-state index contributed by atoms with van der Waals surface area (Å²) in [6.45, 7) is 10.2. The molecule has 16 heavy (non-hydrogen) atoms. The Labute approximate surface area is 102 Å². The van der Waals surface area contributed by atoms with Crippen molar-refractivity contribution in [3.05, 3.63) is 16.6 Å². The van der Waals surface area contributed by atoms with Crippen molar-refractivity contribution in [1.82, 2.24) is 15.2 Å². The molecule has 0 aliphatic carbocycles. The highest BCUT2D eigenvalue weighted by atomic mass is 32.1. The van der Waals surface area contributed by atoms with Crippen molar-refractivity contribution < 1.29 is 0 Å². The molecule has 2 heterocycles. The van der Waals surface area contributed by atoms with Crippen molar-refractivity contribution in [1.29, 1.82) is 0 Å². The normalized spacial score (nSPS) is 29.2. The van der Waals surface area contributed by atoms with Crippen LogP contribution in [0.15, 0.2) is 11.6 Å². The van der Waals surface area contributed by atoms with Gasteiger partial charge in [-0.15, -0.1) is 11.3 Å². The van der Waals surface area contributed by atoms with Crippen LogP contribution in [0.5, 0.6) is 0 Å². The molecule has 90 valence electrons. The molecule has 1 aliphatic heterocycles. The molecule has 0 spiro atoms. The van der Waals surface area contributed by atoms with Gasteiger partial charge >= 0.3 is 0 Å². The van der Waals surface area contributed by atoms with Crippen LogP contribution in [0.1, 0.15) is 38.2 Å². The molecule has 4 heteroatoms. The van der Waals surface area contributed by atoms with Gasteiger partial charge in [0, 0.05) is 36.8 Å². The molecule has 0 aromatic carbocycles. The Morgan fingerprint density at radius 1 is 1.69 bits per heavy atom. The number of hydrogen-bond acceptors (Lipinski definition) is 4.